The molecule has 0 atom stereocenters. The number of aliphatic hydroxyl groups is 1. The minimum absolute atomic E-state index is 0.238. The fourth-order valence-corrected chi connectivity index (χ4v) is 9.06. The van der Waals surface area contributed by atoms with Crippen LogP contribution in [0.1, 0.15) is 44.4 Å². The zero-order valence-electron chi connectivity index (χ0n) is 37.1. The highest BCUT2D eigenvalue weighted by atomic mass is 79.9. The smallest absolute Gasteiger partial charge is 0.400 e. The summed E-state index contributed by atoms with van der Waals surface area (Å²) in [6.45, 7) is 7.96. The van der Waals surface area contributed by atoms with E-state index in [4.69, 9.17) is 49.1 Å². The number of alkyl halides is 1. The second-order valence-corrected chi connectivity index (χ2v) is 19.0. The number of carbonyl (C=O) groups is 2. The van der Waals surface area contributed by atoms with Crippen molar-refractivity contribution in [2.24, 2.45) is 11.5 Å². The van der Waals surface area contributed by atoms with Crippen LogP contribution in [0.5, 0.6) is 0 Å². The zero-order valence-corrected chi connectivity index (χ0v) is 41.8. The third-order valence-corrected chi connectivity index (χ3v) is 13.3. The Kier molecular flexibility index (Phi) is 17.2. The van der Waals surface area contributed by atoms with Gasteiger partial charge in [-0.05, 0) is 98.5 Å². The van der Waals surface area contributed by atoms with Crippen molar-refractivity contribution in [3.8, 4) is 22.3 Å². The molecule has 0 bridgehead atoms. The van der Waals surface area contributed by atoms with Crippen LogP contribution >= 0.6 is 61.8 Å². The SMILES string of the molecule is CC1(C)OB(c2ccc(NC(N)=O)nc2)OC1(C)C.CO.Fc1c(CBr)cc2scnc2c1-c1cccc(Cl)c1.NC(=O)Nc1ccc(Cc2cc3scnc3c(-c3cccc(Cl)c3)c2F)cn1. The molecule has 0 radical (unpaired) electrons. The number of primary amides is 2. The molecule has 4 aromatic heterocycles. The highest BCUT2D eigenvalue weighted by Crippen LogP contribution is 2.39. The van der Waals surface area contributed by atoms with E-state index in [1.54, 1.807) is 78.0 Å². The lowest BCUT2D eigenvalue weighted by atomic mass is 9.80. The van der Waals surface area contributed by atoms with Gasteiger partial charge in [0.2, 0.25) is 0 Å². The van der Waals surface area contributed by atoms with E-state index in [-0.39, 0.29) is 22.8 Å². The first-order valence-corrected chi connectivity index (χ1v) is 24.1. The van der Waals surface area contributed by atoms with Crippen LogP contribution in [0.2, 0.25) is 10.0 Å². The van der Waals surface area contributed by atoms with E-state index in [1.807, 2.05) is 58.0 Å². The fraction of sp³-hybridized carbons (Fsp3) is 0.191. The lowest BCUT2D eigenvalue weighted by Gasteiger charge is -2.32. The maximum atomic E-state index is 15.5. The van der Waals surface area contributed by atoms with Crippen molar-refractivity contribution >= 4 is 119 Å². The maximum Gasteiger partial charge on any atom is 0.496 e. The highest BCUT2D eigenvalue weighted by Gasteiger charge is 2.51. The Morgan fingerprint density at radius 3 is 1.60 bits per heavy atom. The number of rotatable bonds is 8. The molecule has 13 nitrogen and oxygen atoms in total. The molecule has 4 aromatic carbocycles. The molecule has 0 aliphatic carbocycles. The molecule has 0 spiro atoms. The lowest BCUT2D eigenvalue weighted by molar-refractivity contribution is 0.00578. The number of nitrogens with zero attached hydrogens (tertiary/aromatic N) is 4. The third kappa shape index (κ3) is 12.3. The Bertz CT molecular complexity index is 3040. The van der Waals surface area contributed by atoms with Gasteiger partial charge in [-0.2, -0.15) is 0 Å². The first kappa shape index (κ1) is 51.8. The number of benzene rings is 4. The van der Waals surface area contributed by atoms with Crippen LogP contribution in [0, 0.1) is 11.6 Å². The molecular formula is C47H44BBrCl2F2N8O5S2. The third-order valence-electron chi connectivity index (χ3n) is 10.7. The van der Waals surface area contributed by atoms with Crippen LogP contribution in [0.3, 0.4) is 0 Å². The average Bonchev–Trinajstić information content (AvgIpc) is 4.02. The summed E-state index contributed by atoms with van der Waals surface area (Å²) in [6, 6.07) is 23.5. The van der Waals surface area contributed by atoms with Gasteiger partial charge in [-0.1, -0.05) is 75.5 Å². The summed E-state index contributed by atoms with van der Waals surface area (Å²) < 4.78 is 43.7. The molecule has 0 unspecified atom stereocenters. The van der Waals surface area contributed by atoms with Crippen LogP contribution in [0.4, 0.5) is 30.0 Å². The van der Waals surface area contributed by atoms with E-state index in [0.717, 1.165) is 33.1 Å². The molecule has 9 rings (SSSR count). The summed E-state index contributed by atoms with van der Waals surface area (Å²) >= 11 is 18.4. The summed E-state index contributed by atoms with van der Waals surface area (Å²) in [6.07, 6.45) is 3.53. The van der Waals surface area contributed by atoms with Gasteiger partial charge in [0, 0.05) is 63.5 Å². The normalized spacial score (nSPS) is 13.4. The number of nitrogens with one attached hydrogen (secondary N) is 2. The van der Waals surface area contributed by atoms with Gasteiger partial charge in [0.1, 0.15) is 23.3 Å². The van der Waals surface area contributed by atoms with Gasteiger partial charge in [0.15, 0.2) is 0 Å². The van der Waals surface area contributed by atoms with E-state index in [2.05, 4.69) is 46.5 Å². The number of hydrogen-bond donors (Lipinski definition) is 5. The molecule has 21 heteroatoms. The second kappa shape index (κ2) is 22.6. The molecule has 1 aliphatic heterocycles. The monoisotopic (exact) mass is 1060 g/mol. The summed E-state index contributed by atoms with van der Waals surface area (Å²) in [5.41, 5.74) is 19.2. The van der Waals surface area contributed by atoms with Crippen molar-refractivity contribution in [3.63, 3.8) is 0 Å². The van der Waals surface area contributed by atoms with Crippen LogP contribution in [-0.4, -0.2) is 62.5 Å². The standard InChI is InChI=1S/C20H14ClFN4OS.C14H8BrClFNS.C12H18BN3O3.CH4O/c21-14-3-1-2-12(7-14)17-18(22)13(8-15-19(17)25-10-28-15)6-11-4-5-16(24-9-11)26-20(23)27;15-6-9-5-11-14(18-7-19-11)12(13(9)17)8-2-1-3-10(16)4-8;1-11(2)12(3,4)19-13(18-11)8-5-6-9(15-7-8)16-10(14)17;1-2/h1-5,7-10H,6H2,(H3,23,24,26,27);1-5,7H,6H2;5-7H,1-4H3,(H3,14,15,16,17);2H,1H3. The zero-order chi connectivity index (χ0) is 49.3. The van der Waals surface area contributed by atoms with Gasteiger partial charge in [0.25, 0.3) is 0 Å². The molecular weight excluding hydrogens is 1020 g/mol. The van der Waals surface area contributed by atoms with Gasteiger partial charge in [0.05, 0.1) is 42.7 Å². The minimum atomic E-state index is -0.687. The number of pyridine rings is 2. The minimum Gasteiger partial charge on any atom is -0.400 e. The predicted octanol–water partition coefficient (Wildman–Crippen LogP) is 11.4. The van der Waals surface area contributed by atoms with E-state index in [9.17, 15) is 14.0 Å². The Morgan fingerprint density at radius 2 is 1.18 bits per heavy atom. The van der Waals surface area contributed by atoms with Crippen molar-refractivity contribution in [1.82, 2.24) is 19.9 Å². The molecule has 1 saturated heterocycles. The molecule has 4 amide bonds. The number of anilines is 2. The predicted molar refractivity (Wildman–Crippen MR) is 274 cm³/mol. The van der Waals surface area contributed by atoms with E-state index < -0.39 is 19.2 Å². The van der Waals surface area contributed by atoms with E-state index in [1.165, 1.54) is 22.7 Å². The molecule has 8 aromatic rings. The van der Waals surface area contributed by atoms with Gasteiger partial charge in [-0.15, -0.1) is 22.7 Å². The average molecular weight is 1060 g/mol. The number of aliphatic hydroxyl groups excluding tert-OH is 1. The summed E-state index contributed by atoms with van der Waals surface area (Å²) in [7, 11) is 0.542. The van der Waals surface area contributed by atoms with Gasteiger partial charge < -0.3 is 25.9 Å². The second-order valence-electron chi connectivity index (χ2n) is 15.8. The quantitative estimate of drug-likeness (QED) is 0.0725. The molecule has 1 fully saturated rings. The van der Waals surface area contributed by atoms with Gasteiger partial charge in [-0.25, -0.2) is 38.3 Å². The summed E-state index contributed by atoms with van der Waals surface area (Å²) in [4.78, 5) is 38.4. The number of aromatic nitrogens is 4. The molecule has 7 N–H and O–H groups in total. The topological polar surface area (TPSA) is 200 Å². The van der Waals surface area contributed by atoms with Crippen molar-refractivity contribution < 1.29 is 32.8 Å². The number of urea groups is 2. The largest absolute Gasteiger partial charge is 0.496 e. The van der Waals surface area contributed by atoms with Crippen molar-refractivity contribution in [2.75, 3.05) is 17.7 Å². The van der Waals surface area contributed by atoms with Crippen LogP contribution in [0.25, 0.3) is 42.7 Å². The summed E-state index contributed by atoms with van der Waals surface area (Å²) in [5.74, 6) is 0.166. The maximum absolute atomic E-state index is 15.5. The Morgan fingerprint density at radius 1 is 0.706 bits per heavy atom. The van der Waals surface area contributed by atoms with Gasteiger partial charge in [-0.3, -0.25) is 10.6 Å². The Balaban J connectivity index is 0.000000170. The number of thiazole rings is 2. The number of amides is 4. The highest BCUT2D eigenvalue weighted by molar-refractivity contribution is 9.08. The van der Waals surface area contributed by atoms with Crippen molar-refractivity contribution in [2.45, 2.75) is 50.6 Å². The lowest BCUT2D eigenvalue weighted by Crippen LogP contribution is -2.41. The van der Waals surface area contributed by atoms with Gasteiger partial charge >= 0.3 is 19.2 Å². The number of carbonyl (C=O) groups excluding carboxylic acids is 2. The van der Waals surface area contributed by atoms with Crippen LogP contribution in [0.15, 0.2) is 108 Å². The number of nitrogens with two attached hydrogens (primary N) is 2. The number of halogens is 5. The van der Waals surface area contributed by atoms with Crippen molar-refractivity contribution in [1.29, 1.82) is 0 Å². The van der Waals surface area contributed by atoms with Crippen molar-refractivity contribution in [3.05, 3.63) is 147 Å². The Labute approximate surface area is 417 Å². The summed E-state index contributed by atoms with van der Waals surface area (Å²) in [5, 5.41) is 13.4. The van der Waals surface area contributed by atoms with Crippen LogP contribution < -0.4 is 27.6 Å². The molecule has 0 saturated carbocycles. The van der Waals surface area contributed by atoms with E-state index in [0.29, 0.717) is 72.3 Å². The molecule has 5 heterocycles. The Hall–Kier alpha value is -5.64. The molecule has 1 aliphatic rings. The van der Waals surface area contributed by atoms with E-state index >= 15 is 4.39 Å². The number of hydrogen-bond acceptors (Lipinski definition) is 11. The van der Waals surface area contributed by atoms with Crippen LogP contribution in [-0.2, 0) is 21.1 Å². The molecule has 68 heavy (non-hydrogen) atoms. The first-order chi connectivity index (χ1) is 32.4. The number of fused-ring (bicyclic) bond motifs is 2. The first-order valence-electron chi connectivity index (χ1n) is 20.4. The fourth-order valence-electron chi connectivity index (χ4n) is 6.78. The molecule has 352 valence electrons.